The molecule has 1 amide bonds. The summed E-state index contributed by atoms with van der Waals surface area (Å²) in [5.74, 6) is -0.310. The summed E-state index contributed by atoms with van der Waals surface area (Å²) in [5, 5.41) is 4.00. The molecule has 0 unspecified atom stereocenters. The summed E-state index contributed by atoms with van der Waals surface area (Å²) >= 11 is 1.72. The summed E-state index contributed by atoms with van der Waals surface area (Å²) in [5.41, 5.74) is 2.55. The van der Waals surface area contributed by atoms with Crippen molar-refractivity contribution in [1.29, 1.82) is 0 Å². The number of nitrogens with one attached hydrogen (secondary N) is 2. The lowest BCUT2D eigenvalue weighted by molar-refractivity contribution is 0.0948. The number of amides is 1. The van der Waals surface area contributed by atoms with Gasteiger partial charge in [0.05, 0.1) is 26.4 Å². The van der Waals surface area contributed by atoms with Gasteiger partial charge < -0.3 is 10.2 Å². The number of aromatic nitrogens is 1. The molecule has 0 bridgehead atoms. The van der Waals surface area contributed by atoms with Gasteiger partial charge in [0.15, 0.2) is 5.13 Å². The molecular formula is C27H29N5O3S2. The number of piperazine rings is 1. The van der Waals surface area contributed by atoms with Gasteiger partial charge in [0.2, 0.25) is 0 Å². The van der Waals surface area contributed by atoms with Crippen molar-refractivity contribution in [2.75, 3.05) is 48.9 Å². The van der Waals surface area contributed by atoms with Crippen LogP contribution in [0.15, 0.2) is 77.7 Å². The van der Waals surface area contributed by atoms with Gasteiger partial charge in [-0.25, -0.2) is 13.4 Å². The number of benzene rings is 3. The van der Waals surface area contributed by atoms with Gasteiger partial charge in [-0.2, -0.15) is 0 Å². The molecule has 4 aromatic rings. The van der Waals surface area contributed by atoms with E-state index in [0.717, 1.165) is 48.9 Å². The van der Waals surface area contributed by atoms with E-state index in [1.807, 2.05) is 25.1 Å². The molecule has 0 aliphatic carbocycles. The third-order valence-electron chi connectivity index (χ3n) is 6.39. The van der Waals surface area contributed by atoms with Crippen molar-refractivity contribution in [1.82, 2.24) is 15.2 Å². The lowest BCUT2D eigenvalue weighted by atomic mass is 10.1. The molecule has 8 nitrogen and oxygen atoms in total. The fraction of sp³-hybridized carbons (Fsp3) is 0.259. The van der Waals surface area contributed by atoms with Crippen LogP contribution >= 0.6 is 11.3 Å². The van der Waals surface area contributed by atoms with Crippen LogP contribution in [0.4, 0.5) is 10.8 Å². The highest BCUT2D eigenvalue weighted by Crippen LogP contribution is 2.29. The second kappa shape index (κ2) is 10.9. The molecule has 37 heavy (non-hydrogen) atoms. The SMILES string of the molecule is Cc1ccc(S(=O)(=O)Nc2ccccc2C(=O)NCCN2CCN(c3nc4ccccc4s3)CC2)cc1. The first-order valence-electron chi connectivity index (χ1n) is 12.2. The number of fused-ring (bicyclic) bond motifs is 1. The van der Waals surface area contributed by atoms with E-state index in [2.05, 4.69) is 25.9 Å². The smallest absolute Gasteiger partial charge is 0.261 e. The minimum Gasteiger partial charge on any atom is -0.351 e. The van der Waals surface area contributed by atoms with Crippen LogP contribution in [0.25, 0.3) is 10.2 Å². The molecular weight excluding hydrogens is 506 g/mol. The fourth-order valence-electron chi connectivity index (χ4n) is 4.27. The van der Waals surface area contributed by atoms with Gasteiger partial charge in [0, 0.05) is 39.3 Å². The molecule has 5 rings (SSSR count). The van der Waals surface area contributed by atoms with Crippen molar-refractivity contribution in [2.45, 2.75) is 11.8 Å². The summed E-state index contributed by atoms with van der Waals surface area (Å²) in [6.07, 6.45) is 0. The molecule has 0 saturated carbocycles. The van der Waals surface area contributed by atoms with E-state index in [1.54, 1.807) is 59.9 Å². The zero-order valence-electron chi connectivity index (χ0n) is 20.6. The lowest BCUT2D eigenvalue weighted by Crippen LogP contribution is -2.48. The van der Waals surface area contributed by atoms with Crippen molar-refractivity contribution in [3.05, 3.63) is 83.9 Å². The van der Waals surface area contributed by atoms with E-state index in [4.69, 9.17) is 4.98 Å². The number of thiazole rings is 1. The van der Waals surface area contributed by atoms with E-state index in [-0.39, 0.29) is 16.5 Å². The standard InChI is InChI=1S/C27H29N5O3S2/c1-20-10-12-21(13-11-20)37(34,35)30-23-7-3-2-6-22(23)26(33)28-14-15-31-16-18-32(19-17-31)27-29-24-8-4-5-9-25(24)36-27/h2-13,30H,14-19H2,1H3,(H,28,33). The highest BCUT2D eigenvalue weighted by molar-refractivity contribution is 7.92. The summed E-state index contributed by atoms with van der Waals surface area (Å²) in [4.78, 5) is 22.5. The Morgan fingerprint density at radius 2 is 1.65 bits per heavy atom. The number of para-hydroxylation sites is 2. The average Bonchev–Trinajstić information content (AvgIpc) is 3.34. The molecule has 0 spiro atoms. The zero-order chi connectivity index (χ0) is 25.8. The fourth-order valence-corrected chi connectivity index (χ4v) is 6.37. The first-order chi connectivity index (χ1) is 17.9. The molecule has 0 atom stereocenters. The number of carbonyl (C=O) groups is 1. The van der Waals surface area contributed by atoms with Gasteiger partial charge in [-0.1, -0.05) is 53.3 Å². The highest BCUT2D eigenvalue weighted by Gasteiger charge is 2.21. The van der Waals surface area contributed by atoms with Gasteiger partial charge in [-0.15, -0.1) is 0 Å². The number of carbonyl (C=O) groups excluding carboxylic acids is 1. The largest absolute Gasteiger partial charge is 0.351 e. The summed E-state index contributed by atoms with van der Waals surface area (Å²) in [7, 11) is -3.81. The van der Waals surface area contributed by atoms with Gasteiger partial charge in [0.25, 0.3) is 15.9 Å². The summed E-state index contributed by atoms with van der Waals surface area (Å²) < 4.78 is 29.4. The number of nitrogens with zero attached hydrogens (tertiary/aromatic N) is 3. The monoisotopic (exact) mass is 535 g/mol. The van der Waals surface area contributed by atoms with Crippen molar-refractivity contribution in [3.8, 4) is 0 Å². The van der Waals surface area contributed by atoms with Gasteiger partial charge in [-0.3, -0.25) is 14.4 Å². The van der Waals surface area contributed by atoms with E-state index in [9.17, 15) is 13.2 Å². The lowest BCUT2D eigenvalue weighted by Gasteiger charge is -2.34. The molecule has 1 aliphatic rings. The van der Waals surface area contributed by atoms with Crippen LogP contribution in [0.3, 0.4) is 0 Å². The van der Waals surface area contributed by atoms with Crippen LogP contribution in [0.5, 0.6) is 0 Å². The molecule has 2 heterocycles. The van der Waals surface area contributed by atoms with Crippen LogP contribution in [0.2, 0.25) is 0 Å². The second-order valence-corrected chi connectivity index (χ2v) is 11.7. The van der Waals surface area contributed by atoms with Crippen LogP contribution < -0.4 is 14.9 Å². The molecule has 1 fully saturated rings. The average molecular weight is 536 g/mol. The third kappa shape index (κ3) is 5.93. The second-order valence-electron chi connectivity index (χ2n) is 9.01. The number of anilines is 2. The van der Waals surface area contributed by atoms with Crippen molar-refractivity contribution < 1.29 is 13.2 Å². The Morgan fingerprint density at radius 3 is 2.41 bits per heavy atom. The predicted octanol–water partition coefficient (Wildman–Crippen LogP) is 3.96. The first-order valence-corrected chi connectivity index (χ1v) is 14.5. The number of rotatable bonds is 8. The maximum absolute atomic E-state index is 12.9. The van der Waals surface area contributed by atoms with Gasteiger partial charge >= 0.3 is 0 Å². The van der Waals surface area contributed by atoms with Crippen LogP contribution in [0, 0.1) is 6.92 Å². The Kier molecular flexibility index (Phi) is 7.40. The number of hydrogen-bond acceptors (Lipinski definition) is 7. The van der Waals surface area contributed by atoms with Gasteiger partial charge in [0.1, 0.15) is 0 Å². The molecule has 10 heteroatoms. The maximum Gasteiger partial charge on any atom is 0.261 e. The number of hydrogen-bond donors (Lipinski definition) is 2. The summed E-state index contributed by atoms with van der Waals surface area (Å²) in [6.45, 7) is 6.63. The molecule has 1 aromatic heterocycles. The minimum atomic E-state index is -3.81. The molecule has 2 N–H and O–H groups in total. The Balaban J connectivity index is 1.14. The van der Waals surface area contributed by atoms with Gasteiger partial charge in [-0.05, 0) is 43.3 Å². The Labute approximate surface area is 221 Å². The molecule has 1 saturated heterocycles. The molecule has 3 aromatic carbocycles. The zero-order valence-corrected chi connectivity index (χ0v) is 22.2. The van der Waals surface area contributed by atoms with Crippen molar-refractivity contribution >= 4 is 48.3 Å². The number of aryl methyl sites for hydroxylation is 1. The Hall–Kier alpha value is -3.47. The van der Waals surface area contributed by atoms with E-state index in [0.29, 0.717) is 12.1 Å². The quantitative estimate of drug-likeness (QED) is 0.355. The first kappa shape index (κ1) is 25.2. The van der Waals surface area contributed by atoms with Crippen LogP contribution in [-0.4, -0.2) is 63.5 Å². The van der Waals surface area contributed by atoms with E-state index < -0.39 is 10.0 Å². The Bertz CT molecular complexity index is 1460. The maximum atomic E-state index is 12.9. The van der Waals surface area contributed by atoms with Crippen molar-refractivity contribution in [2.24, 2.45) is 0 Å². The van der Waals surface area contributed by atoms with E-state index in [1.165, 1.54) is 4.70 Å². The predicted molar refractivity (Wildman–Crippen MR) is 149 cm³/mol. The summed E-state index contributed by atoms with van der Waals surface area (Å²) in [6, 6.07) is 21.4. The molecule has 0 radical (unpaired) electrons. The van der Waals surface area contributed by atoms with Crippen LogP contribution in [-0.2, 0) is 10.0 Å². The molecule has 192 valence electrons. The highest BCUT2D eigenvalue weighted by atomic mass is 32.2. The Morgan fingerprint density at radius 1 is 0.946 bits per heavy atom. The normalized spacial score (nSPS) is 14.6. The third-order valence-corrected chi connectivity index (χ3v) is 8.86. The minimum absolute atomic E-state index is 0.151. The van der Waals surface area contributed by atoms with Crippen LogP contribution in [0.1, 0.15) is 15.9 Å². The topological polar surface area (TPSA) is 94.6 Å². The molecule has 1 aliphatic heterocycles. The van der Waals surface area contributed by atoms with E-state index >= 15 is 0 Å². The number of sulfonamides is 1. The van der Waals surface area contributed by atoms with Crippen molar-refractivity contribution in [3.63, 3.8) is 0 Å².